The summed E-state index contributed by atoms with van der Waals surface area (Å²) in [5.41, 5.74) is 4.67. The zero-order valence-electron chi connectivity index (χ0n) is 8.56. The minimum absolute atomic E-state index is 0.0872. The van der Waals surface area contributed by atoms with Crippen LogP contribution in [-0.2, 0) is 0 Å². The van der Waals surface area contributed by atoms with Crippen molar-refractivity contribution in [1.82, 2.24) is 14.5 Å². The van der Waals surface area contributed by atoms with Gasteiger partial charge in [0.25, 0.3) is 5.56 Å². The lowest BCUT2D eigenvalue weighted by Crippen LogP contribution is -2.34. The van der Waals surface area contributed by atoms with Crippen molar-refractivity contribution in [1.29, 1.82) is 0 Å². The van der Waals surface area contributed by atoms with Gasteiger partial charge in [-0.2, -0.15) is 0 Å². The number of nitrogens with one attached hydrogen (secondary N) is 1. The molecule has 0 aliphatic carbocycles. The number of anilines is 1. The van der Waals surface area contributed by atoms with Gasteiger partial charge in [0.1, 0.15) is 5.69 Å². The predicted octanol–water partition coefficient (Wildman–Crippen LogP) is -1.00. The van der Waals surface area contributed by atoms with E-state index < -0.39 is 5.56 Å². The SMILES string of the molecule is CN1CCC(n2cc(N)c(=O)[nH]c2=O)C1. The maximum Gasteiger partial charge on any atom is 0.328 e. The molecule has 1 aliphatic heterocycles. The number of H-pyrrole nitrogens is 1. The largest absolute Gasteiger partial charge is 0.393 e. The fourth-order valence-corrected chi connectivity index (χ4v) is 1.91. The van der Waals surface area contributed by atoms with Gasteiger partial charge in [0.2, 0.25) is 0 Å². The van der Waals surface area contributed by atoms with Crippen LogP contribution in [0.15, 0.2) is 15.8 Å². The van der Waals surface area contributed by atoms with Crippen LogP contribution in [0.25, 0.3) is 0 Å². The summed E-state index contributed by atoms with van der Waals surface area (Å²) < 4.78 is 1.51. The van der Waals surface area contributed by atoms with Crippen LogP contribution >= 0.6 is 0 Å². The van der Waals surface area contributed by atoms with Crippen molar-refractivity contribution in [2.45, 2.75) is 12.5 Å². The van der Waals surface area contributed by atoms with Gasteiger partial charge in [-0.15, -0.1) is 0 Å². The van der Waals surface area contributed by atoms with Crippen LogP contribution < -0.4 is 17.0 Å². The van der Waals surface area contributed by atoms with Crippen LogP contribution in [0.4, 0.5) is 5.69 Å². The molecule has 1 saturated heterocycles. The first kappa shape index (κ1) is 9.97. The van der Waals surface area contributed by atoms with Gasteiger partial charge in [-0.3, -0.25) is 14.3 Å². The van der Waals surface area contributed by atoms with E-state index in [1.807, 2.05) is 7.05 Å². The quantitative estimate of drug-likeness (QED) is 0.622. The molecule has 0 radical (unpaired) electrons. The minimum atomic E-state index is -0.511. The monoisotopic (exact) mass is 210 g/mol. The smallest absolute Gasteiger partial charge is 0.328 e. The number of hydrogen-bond donors (Lipinski definition) is 2. The van der Waals surface area contributed by atoms with Crippen molar-refractivity contribution >= 4 is 5.69 Å². The molecule has 1 aliphatic rings. The molecule has 0 amide bonds. The van der Waals surface area contributed by atoms with Gasteiger partial charge in [0, 0.05) is 12.7 Å². The number of hydrogen-bond acceptors (Lipinski definition) is 4. The highest BCUT2D eigenvalue weighted by atomic mass is 16.2. The first-order valence-electron chi connectivity index (χ1n) is 4.87. The summed E-state index contributed by atoms with van der Waals surface area (Å²) >= 11 is 0. The summed E-state index contributed by atoms with van der Waals surface area (Å²) in [7, 11) is 2.00. The van der Waals surface area contributed by atoms with Crippen LogP contribution in [0, 0.1) is 0 Å². The Morgan fingerprint density at radius 1 is 1.53 bits per heavy atom. The van der Waals surface area contributed by atoms with E-state index in [4.69, 9.17) is 5.73 Å². The van der Waals surface area contributed by atoms with Crippen molar-refractivity contribution < 1.29 is 0 Å². The number of nitrogen functional groups attached to an aromatic ring is 1. The second-order valence-electron chi connectivity index (χ2n) is 3.96. The van der Waals surface area contributed by atoms with Crippen LogP contribution in [0.2, 0.25) is 0 Å². The molecule has 1 aromatic rings. The first-order valence-corrected chi connectivity index (χ1v) is 4.87. The highest BCUT2D eigenvalue weighted by molar-refractivity contribution is 5.30. The summed E-state index contributed by atoms with van der Waals surface area (Å²) in [4.78, 5) is 26.9. The number of aromatic amines is 1. The molecule has 1 unspecified atom stereocenters. The Morgan fingerprint density at radius 3 is 2.87 bits per heavy atom. The molecule has 2 heterocycles. The average molecular weight is 210 g/mol. The minimum Gasteiger partial charge on any atom is -0.393 e. The Morgan fingerprint density at radius 2 is 2.27 bits per heavy atom. The lowest BCUT2D eigenvalue weighted by atomic mass is 10.2. The van der Waals surface area contributed by atoms with Gasteiger partial charge in [0.05, 0.1) is 6.04 Å². The number of likely N-dealkylation sites (N-methyl/N-ethyl adjacent to an activating group) is 1. The molecule has 15 heavy (non-hydrogen) atoms. The summed E-state index contributed by atoms with van der Waals surface area (Å²) in [6.45, 7) is 1.77. The molecule has 0 aromatic carbocycles. The maximum atomic E-state index is 11.5. The normalized spacial score (nSPS) is 22.1. The molecule has 0 saturated carbocycles. The lowest BCUT2D eigenvalue weighted by molar-refractivity contribution is 0.388. The van der Waals surface area contributed by atoms with E-state index in [1.54, 1.807) is 0 Å². The molecule has 6 nitrogen and oxygen atoms in total. The van der Waals surface area contributed by atoms with Crippen LogP contribution in [0.5, 0.6) is 0 Å². The van der Waals surface area contributed by atoms with Crippen LogP contribution in [-0.4, -0.2) is 34.6 Å². The van der Waals surface area contributed by atoms with E-state index in [0.29, 0.717) is 0 Å². The lowest BCUT2D eigenvalue weighted by Gasteiger charge is -2.13. The fourth-order valence-electron chi connectivity index (χ4n) is 1.91. The third-order valence-electron chi connectivity index (χ3n) is 2.76. The molecular weight excluding hydrogens is 196 g/mol. The average Bonchev–Trinajstić information content (AvgIpc) is 2.58. The van der Waals surface area contributed by atoms with Crippen LogP contribution in [0.1, 0.15) is 12.5 Å². The third-order valence-corrected chi connectivity index (χ3v) is 2.76. The summed E-state index contributed by atoms with van der Waals surface area (Å²) in [6.07, 6.45) is 2.34. The molecule has 0 spiro atoms. The van der Waals surface area contributed by atoms with Crippen molar-refractivity contribution in [3.8, 4) is 0 Å². The Hall–Kier alpha value is -1.56. The molecule has 2 rings (SSSR count). The summed E-state index contributed by atoms with van der Waals surface area (Å²) in [5, 5.41) is 0. The van der Waals surface area contributed by atoms with E-state index in [2.05, 4.69) is 9.88 Å². The standard InChI is InChI=1S/C9H14N4O2/c1-12-3-2-6(4-12)13-5-7(10)8(14)11-9(13)15/h5-6H,2-4,10H2,1H3,(H,11,14,15). The number of nitrogens with zero attached hydrogens (tertiary/aromatic N) is 2. The summed E-state index contributed by atoms with van der Waals surface area (Å²) in [5.74, 6) is 0. The molecule has 0 bridgehead atoms. The van der Waals surface area contributed by atoms with E-state index >= 15 is 0 Å². The maximum absolute atomic E-state index is 11.5. The van der Waals surface area contributed by atoms with Gasteiger partial charge in [-0.1, -0.05) is 0 Å². The van der Waals surface area contributed by atoms with E-state index in [-0.39, 0.29) is 17.4 Å². The molecule has 1 aromatic heterocycles. The van der Waals surface area contributed by atoms with Gasteiger partial charge in [-0.05, 0) is 20.0 Å². The fraction of sp³-hybridized carbons (Fsp3) is 0.556. The van der Waals surface area contributed by atoms with Gasteiger partial charge in [0.15, 0.2) is 0 Å². The zero-order valence-corrected chi connectivity index (χ0v) is 8.56. The highest BCUT2D eigenvalue weighted by Crippen LogP contribution is 2.17. The van der Waals surface area contributed by atoms with E-state index in [1.165, 1.54) is 10.8 Å². The molecular formula is C9H14N4O2. The van der Waals surface area contributed by atoms with E-state index in [0.717, 1.165) is 19.5 Å². The zero-order chi connectivity index (χ0) is 11.0. The second kappa shape index (κ2) is 3.54. The number of aromatic nitrogens is 2. The molecule has 1 fully saturated rings. The first-order chi connectivity index (χ1) is 7.08. The Balaban J connectivity index is 2.41. The number of nitrogens with two attached hydrogens (primary N) is 1. The van der Waals surface area contributed by atoms with Gasteiger partial charge < -0.3 is 10.6 Å². The second-order valence-corrected chi connectivity index (χ2v) is 3.96. The van der Waals surface area contributed by atoms with Gasteiger partial charge in [-0.25, -0.2) is 4.79 Å². The number of likely N-dealkylation sites (tertiary alicyclic amines) is 1. The molecule has 1 atom stereocenters. The van der Waals surface area contributed by atoms with Crippen molar-refractivity contribution in [3.05, 3.63) is 27.0 Å². The van der Waals surface area contributed by atoms with Crippen molar-refractivity contribution in [3.63, 3.8) is 0 Å². The Bertz CT molecular complexity index is 476. The Kier molecular flexibility index (Phi) is 2.36. The predicted molar refractivity (Wildman–Crippen MR) is 56.9 cm³/mol. The summed E-state index contributed by atoms with van der Waals surface area (Å²) in [6, 6.07) is 0.113. The third kappa shape index (κ3) is 1.80. The van der Waals surface area contributed by atoms with Crippen molar-refractivity contribution in [2.75, 3.05) is 25.9 Å². The van der Waals surface area contributed by atoms with E-state index in [9.17, 15) is 9.59 Å². The number of rotatable bonds is 1. The highest BCUT2D eigenvalue weighted by Gasteiger charge is 2.22. The topological polar surface area (TPSA) is 84.1 Å². The molecule has 3 N–H and O–H groups in total. The molecule has 6 heteroatoms. The van der Waals surface area contributed by atoms with Crippen LogP contribution in [0.3, 0.4) is 0 Å². The van der Waals surface area contributed by atoms with Crippen molar-refractivity contribution in [2.24, 2.45) is 0 Å². The Labute approximate surface area is 86.3 Å². The van der Waals surface area contributed by atoms with Gasteiger partial charge >= 0.3 is 5.69 Å². The molecule has 82 valence electrons.